The number of nitrogens with zero attached hydrogens (tertiary/aromatic N) is 1. The smallest absolute Gasteiger partial charge is 0.132 e. The third-order valence-electron chi connectivity index (χ3n) is 1.43. The minimum Gasteiger partial charge on any atom is -0.411 e. The lowest BCUT2D eigenvalue weighted by molar-refractivity contribution is 0.319. The Balaban J connectivity index is 3.10. The van der Waals surface area contributed by atoms with Crippen molar-refractivity contribution in [2.24, 2.45) is 5.16 Å². The maximum Gasteiger partial charge on any atom is 0.132 e. The number of halogens is 2. The number of hydrogen-bond donors (Lipinski definition) is 1. The van der Waals surface area contributed by atoms with Crippen molar-refractivity contribution in [3.05, 3.63) is 35.6 Å². The van der Waals surface area contributed by atoms with Crippen molar-refractivity contribution < 1.29 is 9.60 Å². The monoisotopic (exact) mass is 187 g/mol. The van der Waals surface area contributed by atoms with E-state index < -0.39 is 5.82 Å². The summed E-state index contributed by atoms with van der Waals surface area (Å²) in [4.78, 5) is 0. The summed E-state index contributed by atoms with van der Waals surface area (Å²) in [7, 11) is 0. The molecule has 0 fully saturated rings. The molecule has 0 atom stereocenters. The Kier molecular flexibility index (Phi) is 3.05. The molecule has 0 aliphatic carbocycles. The van der Waals surface area contributed by atoms with Crippen molar-refractivity contribution >= 4 is 17.3 Å². The molecule has 1 aromatic rings. The van der Waals surface area contributed by atoms with Gasteiger partial charge in [0.2, 0.25) is 0 Å². The molecule has 1 rings (SSSR count). The summed E-state index contributed by atoms with van der Waals surface area (Å²) >= 11 is 5.42. The molecule has 0 heterocycles. The number of benzene rings is 1. The van der Waals surface area contributed by atoms with E-state index in [4.69, 9.17) is 16.8 Å². The van der Waals surface area contributed by atoms with Crippen LogP contribution in [0.2, 0.25) is 0 Å². The topological polar surface area (TPSA) is 32.6 Å². The summed E-state index contributed by atoms with van der Waals surface area (Å²) in [6.07, 6.45) is 0. The highest BCUT2D eigenvalue weighted by Crippen LogP contribution is 2.08. The molecule has 0 saturated carbocycles. The molecule has 0 amide bonds. The lowest BCUT2D eigenvalue weighted by atomic mass is 10.1. The van der Waals surface area contributed by atoms with Gasteiger partial charge < -0.3 is 5.21 Å². The quantitative estimate of drug-likeness (QED) is 0.328. The Bertz CT molecular complexity index is 301. The Morgan fingerprint density at radius 2 is 2.17 bits per heavy atom. The van der Waals surface area contributed by atoms with Gasteiger partial charge in [0.05, 0.1) is 5.88 Å². The zero-order chi connectivity index (χ0) is 8.97. The van der Waals surface area contributed by atoms with Gasteiger partial charge in [-0.05, 0) is 6.07 Å². The van der Waals surface area contributed by atoms with Crippen LogP contribution >= 0.6 is 11.6 Å². The average molecular weight is 188 g/mol. The molecule has 0 bridgehead atoms. The zero-order valence-corrected chi connectivity index (χ0v) is 6.92. The summed E-state index contributed by atoms with van der Waals surface area (Å²) in [5.74, 6) is -0.455. The Hall–Kier alpha value is -1.09. The fraction of sp³-hybridized carbons (Fsp3) is 0.125. The fourth-order valence-corrected chi connectivity index (χ4v) is 1.05. The van der Waals surface area contributed by atoms with E-state index in [1.54, 1.807) is 12.1 Å². The third-order valence-corrected chi connectivity index (χ3v) is 1.69. The lowest BCUT2D eigenvalue weighted by Gasteiger charge is -2.00. The summed E-state index contributed by atoms with van der Waals surface area (Å²) in [6.45, 7) is 0. The Morgan fingerprint density at radius 1 is 1.50 bits per heavy atom. The normalized spacial score (nSPS) is 11.7. The highest BCUT2D eigenvalue weighted by atomic mass is 35.5. The van der Waals surface area contributed by atoms with Crippen molar-refractivity contribution in [1.29, 1.82) is 0 Å². The third kappa shape index (κ3) is 1.74. The largest absolute Gasteiger partial charge is 0.411 e. The molecular formula is C8H7ClFNO. The van der Waals surface area contributed by atoms with Crippen molar-refractivity contribution in [1.82, 2.24) is 0 Å². The van der Waals surface area contributed by atoms with E-state index in [1.165, 1.54) is 12.1 Å². The molecular weight excluding hydrogens is 181 g/mol. The Morgan fingerprint density at radius 3 is 2.67 bits per heavy atom. The summed E-state index contributed by atoms with van der Waals surface area (Å²) < 4.78 is 13.0. The molecule has 0 aromatic heterocycles. The number of oxime groups is 1. The van der Waals surface area contributed by atoms with Crippen LogP contribution in [0.3, 0.4) is 0 Å². The number of alkyl halides is 1. The van der Waals surface area contributed by atoms with Crippen molar-refractivity contribution in [2.75, 3.05) is 5.88 Å². The molecule has 0 unspecified atom stereocenters. The molecule has 1 N–H and O–H groups in total. The van der Waals surface area contributed by atoms with E-state index in [9.17, 15) is 4.39 Å². The van der Waals surface area contributed by atoms with Crippen LogP contribution in [0.5, 0.6) is 0 Å². The van der Waals surface area contributed by atoms with Crippen LogP contribution in [0.25, 0.3) is 0 Å². The van der Waals surface area contributed by atoms with E-state index in [-0.39, 0.29) is 17.2 Å². The van der Waals surface area contributed by atoms with Gasteiger partial charge in [-0.3, -0.25) is 0 Å². The van der Waals surface area contributed by atoms with Crippen LogP contribution in [0.4, 0.5) is 4.39 Å². The van der Waals surface area contributed by atoms with Gasteiger partial charge in [0, 0.05) is 5.56 Å². The van der Waals surface area contributed by atoms with Gasteiger partial charge >= 0.3 is 0 Å². The highest BCUT2D eigenvalue weighted by molar-refractivity contribution is 6.31. The van der Waals surface area contributed by atoms with Gasteiger partial charge in [-0.2, -0.15) is 0 Å². The lowest BCUT2D eigenvalue weighted by Crippen LogP contribution is -2.04. The first kappa shape index (κ1) is 9.00. The first-order valence-electron chi connectivity index (χ1n) is 3.31. The maximum atomic E-state index is 13.0. The van der Waals surface area contributed by atoms with Crippen LogP contribution in [-0.2, 0) is 0 Å². The van der Waals surface area contributed by atoms with Gasteiger partial charge in [-0.15, -0.1) is 11.6 Å². The van der Waals surface area contributed by atoms with Crippen LogP contribution in [-0.4, -0.2) is 16.8 Å². The highest BCUT2D eigenvalue weighted by Gasteiger charge is 2.07. The van der Waals surface area contributed by atoms with Gasteiger partial charge in [-0.1, -0.05) is 23.4 Å². The second-order valence-electron chi connectivity index (χ2n) is 2.16. The minimum absolute atomic E-state index is 0.0164. The van der Waals surface area contributed by atoms with Gasteiger partial charge in [-0.25, -0.2) is 4.39 Å². The average Bonchev–Trinajstić information content (AvgIpc) is 2.10. The van der Waals surface area contributed by atoms with Crippen molar-refractivity contribution in [3.63, 3.8) is 0 Å². The summed E-state index contributed by atoms with van der Waals surface area (Å²) in [6, 6.07) is 6.00. The molecule has 0 aliphatic rings. The Labute approximate surface area is 74.3 Å². The number of hydrogen-bond acceptors (Lipinski definition) is 2. The van der Waals surface area contributed by atoms with E-state index in [0.717, 1.165) is 0 Å². The molecule has 0 aliphatic heterocycles. The van der Waals surface area contributed by atoms with Crippen LogP contribution < -0.4 is 0 Å². The predicted molar refractivity (Wildman–Crippen MR) is 45.4 cm³/mol. The molecule has 2 nitrogen and oxygen atoms in total. The first-order valence-corrected chi connectivity index (χ1v) is 3.85. The van der Waals surface area contributed by atoms with E-state index in [1.807, 2.05) is 0 Å². The van der Waals surface area contributed by atoms with Crippen molar-refractivity contribution in [3.8, 4) is 0 Å². The number of rotatable bonds is 2. The predicted octanol–water partition coefficient (Wildman–Crippen LogP) is 2.24. The molecule has 12 heavy (non-hydrogen) atoms. The van der Waals surface area contributed by atoms with Gasteiger partial charge in [0.1, 0.15) is 11.5 Å². The first-order chi connectivity index (χ1) is 5.79. The van der Waals surface area contributed by atoms with Crippen LogP contribution in [0.1, 0.15) is 5.56 Å². The molecule has 4 heteroatoms. The standard InChI is InChI=1S/C8H7ClFNO/c9-5-8(11-12)6-3-1-2-4-7(6)10/h1-4,12H,5H2. The fourth-order valence-electron chi connectivity index (χ4n) is 0.848. The van der Waals surface area contributed by atoms with E-state index in [2.05, 4.69) is 5.16 Å². The zero-order valence-electron chi connectivity index (χ0n) is 6.17. The van der Waals surface area contributed by atoms with Gasteiger partial charge in [0.15, 0.2) is 0 Å². The molecule has 1 aromatic carbocycles. The second-order valence-corrected chi connectivity index (χ2v) is 2.43. The van der Waals surface area contributed by atoms with Crippen LogP contribution in [0, 0.1) is 5.82 Å². The molecule has 0 radical (unpaired) electrons. The SMILES string of the molecule is ON=C(CCl)c1ccccc1F. The summed E-state index contributed by atoms with van der Waals surface area (Å²) in [5, 5.41) is 11.3. The van der Waals surface area contributed by atoms with E-state index in [0.29, 0.717) is 0 Å². The van der Waals surface area contributed by atoms with E-state index >= 15 is 0 Å². The summed E-state index contributed by atoms with van der Waals surface area (Å²) in [5.41, 5.74) is 0.366. The van der Waals surface area contributed by atoms with Crippen LogP contribution in [0.15, 0.2) is 29.4 Å². The molecule has 0 saturated heterocycles. The molecule has 0 spiro atoms. The van der Waals surface area contributed by atoms with Crippen molar-refractivity contribution in [2.45, 2.75) is 0 Å². The maximum absolute atomic E-state index is 13.0. The van der Waals surface area contributed by atoms with Gasteiger partial charge in [0.25, 0.3) is 0 Å². The minimum atomic E-state index is -0.439. The molecule has 64 valence electrons. The second kappa shape index (κ2) is 4.07.